The van der Waals surface area contributed by atoms with Crippen LogP contribution in [0.25, 0.3) is 0 Å². The van der Waals surface area contributed by atoms with Crippen LogP contribution in [-0.4, -0.2) is 22.6 Å². The molecule has 1 heterocycles. The van der Waals surface area contributed by atoms with Gasteiger partial charge in [-0.25, -0.2) is 9.97 Å². The summed E-state index contributed by atoms with van der Waals surface area (Å²) in [5.74, 6) is 2.44. The van der Waals surface area contributed by atoms with Gasteiger partial charge in [0.25, 0.3) is 0 Å². The topological polar surface area (TPSA) is 50.3 Å². The second-order valence-corrected chi connectivity index (χ2v) is 6.55. The molecular formula is C22H26N4O. The zero-order chi connectivity index (χ0) is 19.1. The van der Waals surface area contributed by atoms with Gasteiger partial charge in [-0.2, -0.15) is 0 Å². The molecule has 0 saturated heterocycles. The molecule has 0 aliphatic rings. The van der Waals surface area contributed by atoms with Gasteiger partial charge in [0.2, 0.25) is 0 Å². The summed E-state index contributed by atoms with van der Waals surface area (Å²) in [7, 11) is 0. The highest BCUT2D eigenvalue weighted by molar-refractivity contribution is 5.65. The number of hydrogen-bond donors (Lipinski definition) is 1. The molecule has 3 aromatic rings. The van der Waals surface area contributed by atoms with Crippen molar-refractivity contribution in [2.45, 2.75) is 33.4 Å². The predicted molar refractivity (Wildman–Crippen MR) is 111 cm³/mol. The van der Waals surface area contributed by atoms with E-state index in [0.29, 0.717) is 0 Å². The Balaban J connectivity index is 1.79. The Labute approximate surface area is 161 Å². The van der Waals surface area contributed by atoms with Crippen molar-refractivity contribution in [3.63, 3.8) is 0 Å². The number of benzene rings is 2. The highest BCUT2D eigenvalue weighted by Crippen LogP contribution is 2.28. The zero-order valence-electron chi connectivity index (χ0n) is 16.1. The first-order valence-corrected chi connectivity index (χ1v) is 9.29. The van der Waals surface area contributed by atoms with Crippen LogP contribution in [0.1, 0.15) is 26.3 Å². The van der Waals surface area contributed by atoms with Gasteiger partial charge in [0, 0.05) is 19.2 Å². The van der Waals surface area contributed by atoms with Crippen LogP contribution < -0.4 is 15.0 Å². The number of nitrogens with zero attached hydrogens (tertiary/aromatic N) is 3. The second-order valence-electron chi connectivity index (χ2n) is 6.55. The molecule has 0 unspecified atom stereocenters. The summed E-state index contributed by atoms with van der Waals surface area (Å²) in [5.41, 5.74) is 2.14. The normalized spacial score (nSPS) is 10.7. The molecule has 5 heteroatoms. The molecule has 140 valence electrons. The van der Waals surface area contributed by atoms with Gasteiger partial charge in [0.1, 0.15) is 23.7 Å². The summed E-state index contributed by atoms with van der Waals surface area (Å²) >= 11 is 0. The molecule has 0 radical (unpaired) electrons. The lowest BCUT2D eigenvalue weighted by atomic mass is 10.2. The molecule has 27 heavy (non-hydrogen) atoms. The Bertz CT molecular complexity index is 852. The van der Waals surface area contributed by atoms with Crippen molar-refractivity contribution >= 4 is 17.3 Å². The highest BCUT2D eigenvalue weighted by Gasteiger charge is 2.10. The van der Waals surface area contributed by atoms with Crippen molar-refractivity contribution in [1.29, 1.82) is 0 Å². The monoisotopic (exact) mass is 362 g/mol. The quantitative estimate of drug-likeness (QED) is 0.609. The summed E-state index contributed by atoms with van der Waals surface area (Å²) in [5, 5.41) is 3.36. The Kier molecular flexibility index (Phi) is 6.26. The van der Waals surface area contributed by atoms with E-state index in [-0.39, 0.29) is 6.10 Å². The molecule has 2 aromatic carbocycles. The predicted octanol–water partition coefficient (Wildman–Crippen LogP) is 5.03. The maximum absolute atomic E-state index is 5.88. The number of rotatable bonds is 8. The van der Waals surface area contributed by atoms with E-state index in [1.165, 1.54) is 5.56 Å². The fourth-order valence-corrected chi connectivity index (χ4v) is 2.81. The summed E-state index contributed by atoms with van der Waals surface area (Å²) < 4.78 is 5.88. The first-order chi connectivity index (χ1) is 13.2. The molecule has 0 bridgehead atoms. The van der Waals surface area contributed by atoms with E-state index < -0.39 is 0 Å². The molecule has 1 N–H and O–H groups in total. The van der Waals surface area contributed by atoms with E-state index in [1.54, 1.807) is 6.33 Å². The van der Waals surface area contributed by atoms with Gasteiger partial charge >= 0.3 is 0 Å². The average molecular weight is 362 g/mol. The third-order valence-corrected chi connectivity index (χ3v) is 4.09. The summed E-state index contributed by atoms with van der Waals surface area (Å²) in [6.07, 6.45) is 1.70. The van der Waals surface area contributed by atoms with E-state index in [1.807, 2.05) is 50.2 Å². The molecule has 0 amide bonds. The van der Waals surface area contributed by atoms with Gasteiger partial charge in [-0.15, -0.1) is 0 Å². The van der Waals surface area contributed by atoms with Crippen LogP contribution in [-0.2, 0) is 6.54 Å². The molecule has 0 fully saturated rings. The van der Waals surface area contributed by atoms with Crippen LogP contribution in [0.4, 0.5) is 17.3 Å². The lowest BCUT2D eigenvalue weighted by Crippen LogP contribution is -2.23. The lowest BCUT2D eigenvalue weighted by Gasteiger charge is -2.22. The smallest absolute Gasteiger partial charge is 0.143 e. The van der Waals surface area contributed by atoms with Gasteiger partial charge in [-0.1, -0.05) is 42.5 Å². The van der Waals surface area contributed by atoms with E-state index >= 15 is 0 Å². The Morgan fingerprint density at radius 1 is 1.00 bits per heavy atom. The second kappa shape index (κ2) is 9.03. The SMILES string of the molecule is CCN(Cc1ccccc1)c1cc(Nc2ccccc2OC(C)C)ncn1. The minimum Gasteiger partial charge on any atom is -0.489 e. The summed E-state index contributed by atoms with van der Waals surface area (Å²) in [6.45, 7) is 7.83. The first kappa shape index (κ1) is 18.7. The fraction of sp³-hybridized carbons (Fsp3) is 0.273. The van der Waals surface area contributed by atoms with Crippen molar-refractivity contribution in [3.8, 4) is 5.75 Å². The average Bonchev–Trinajstić information content (AvgIpc) is 2.68. The van der Waals surface area contributed by atoms with Crippen molar-refractivity contribution < 1.29 is 4.74 Å². The van der Waals surface area contributed by atoms with Crippen LogP contribution in [0.3, 0.4) is 0 Å². The molecule has 0 spiro atoms. The first-order valence-electron chi connectivity index (χ1n) is 9.29. The number of aromatic nitrogens is 2. The standard InChI is InChI=1S/C22H26N4O/c1-4-26(15-18-10-6-5-7-11-18)22-14-21(23-16-24-22)25-19-12-8-9-13-20(19)27-17(2)3/h5-14,16-17H,4,15H2,1-3H3,(H,23,24,25). The Morgan fingerprint density at radius 2 is 1.74 bits per heavy atom. The van der Waals surface area contributed by atoms with E-state index in [9.17, 15) is 0 Å². The Morgan fingerprint density at radius 3 is 2.48 bits per heavy atom. The molecule has 5 nitrogen and oxygen atoms in total. The van der Waals surface area contributed by atoms with Crippen LogP contribution in [0.2, 0.25) is 0 Å². The number of hydrogen-bond acceptors (Lipinski definition) is 5. The Hall–Kier alpha value is -3.08. The van der Waals surface area contributed by atoms with Crippen molar-refractivity contribution in [3.05, 3.63) is 72.6 Å². The zero-order valence-corrected chi connectivity index (χ0v) is 16.1. The van der Waals surface area contributed by atoms with Crippen LogP contribution in [0, 0.1) is 0 Å². The van der Waals surface area contributed by atoms with Gasteiger partial charge in [-0.3, -0.25) is 0 Å². The number of nitrogens with one attached hydrogen (secondary N) is 1. The van der Waals surface area contributed by atoms with Gasteiger partial charge in [0.15, 0.2) is 0 Å². The molecule has 0 aliphatic carbocycles. The van der Waals surface area contributed by atoms with Gasteiger partial charge in [-0.05, 0) is 38.5 Å². The van der Waals surface area contributed by atoms with Crippen molar-refractivity contribution in [2.24, 2.45) is 0 Å². The third-order valence-electron chi connectivity index (χ3n) is 4.09. The highest BCUT2D eigenvalue weighted by atomic mass is 16.5. The van der Waals surface area contributed by atoms with Crippen LogP contribution >= 0.6 is 0 Å². The third kappa shape index (κ3) is 5.20. The molecular weight excluding hydrogens is 336 g/mol. The number of ether oxygens (including phenoxy) is 1. The molecule has 0 aliphatic heterocycles. The van der Waals surface area contributed by atoms with Crippen LogP contribution in [0.15, 0.2) is 67.0 Å². The minimum absolute atomic E-state index is 0.107. The van der Waals surface area contributed by atoms with E-state index in [2.05, 4.69) is 51.4 Å². The maximum Gasteiger partial charge on any atom is 0.143 e. The van der Waals surface area contributed by atoms with Gasteiger partial charge in [0.05, 0.1) is 11.8 Å². The minimum atomic E-state index is 0.107. The summed E-state index contributed by atoms with van der Waals surface area (Å²) in [6, 6.07) is 20.3. The largest absolute Gasteiger partial charge is 0.489 e. The van der Waals surface area contributed by atoms with Crippen molar-refractivity contribution in [2.75, 3.05) is 16.8 Å². The molecule has 0 saturated carbocycles. The van der Waals surface area contributed by atoms with E-state index in [0.717, 1.165) is 36.2 Å². The molecule has 0 atom stereocenters. The molecule has 3 rings (SSSR count). The van der Waals surface area contributed by atoms with E-state index in [4.69, 9.17) is 4.74 Å². The van der Waals surface area contributed by atoms with Crippen LogP contribution in [0.5, 0.6) is 5.75 Å². The number of anilines is 3. The maximum atomic E-state index is 5.88. The summed E-state index contributed by atoms with van der Waals surface area (Å²) in [4.78, 5) is 11.1. The number of para-hydroxylation sites is 2. The van der Waals surface area contributed by atoms with Crippen molar-refractivity contribution in [1.82, 2.24) is 9.97 Å². The fourth-order valence-electron chi connectivity index (χ4n) is 2.81. The van der Waals surface area contributed by atoms with Gasteiger partial charge < -0.3 is 15.0 Å². The molecule has 1 aromatic heterocycles. The lowest BCUT2D eigenvalue weighted by molar-refractivity contribution is 0.244.